The van der Waals surface area contributed by atoms with E-state index in [-0.39, 0.29) is 6.61 Å². The van der Waals surface area contributed by atoms with E-state index in [1.54, 1.807) is 5.51 Å². The van der Waals surface area contributed by atoms with Gasteiger partial charge in [0.2, 0.25) is 0 Å². The topological polar surface area (TPSA) is 85.4 Å². The first-order chi connectivity index (χ1) is 7.38. The monoisotopic (exact) mass is 284 g/mol. The van der Waals surface area contributed by atoms with Crippen LogP contribution in [0.4, 0.5) is 4.79 Å². The summed E-state index contributed by atoms with van der Waals surface area (Å²) in [6.07, 6.45) is -0.594. The zero-order valence-electron chi connectivity index (χ0n) is 8.27. The molecule has 90 valence electrons. The average molecular weight is 285 g/mol. The largest absolute Gasteiger partial charge is 0.448 e. The number of nitrogens with zero attached hydrogens (tertiary/aromatic N) is 1. The Morgan fingerprint density at radius 3 is 2.88 bits per heavy atom. The summed E-state index contributed by atoms with van der Waals surface area (Å²) in [6, 6.07) is 0. The molecule has 0 unspecified atom stereocenters. The molecule has 16 heavy (non-hydrogen) atoms. The van der Waals surface area contributed by atoms with Gasteiger partial charge in [-0.3, -0.25) is 0 Å². The second kappa shape index (κ2) is 5.46. The number of hydrogen-bond donors (Lipinski definition) is 1. The van der Waals surface area contributed by atoms with Gasteiger partial charge in [-0.05, 0) is 6.92 Å². The maximum Gasteiger partial charge on any atom is 0.421 e. The molecule has 0 fully saturated rings. The predicted molar refractivity (Wildman–Crippen MR) is 59.8 cm³/mol. The number of aromatic nitrogens is 1. The number of halogens is 1. The number of carbonyl (C=O) groups excluding carboxylic acids is 1. The third kappa shape index (κ3) is 4.77. The van der Waals surface area contributed by atoms with Crippen LogP contribution in [0.1, 0.15) is 10.6 Å². The Balaban J connectivity index is 2.31. The molecular formula is C7H9ClN2O4S2. The van der Waals surface area contributed by atoms with Crippen molar-refractivity contribution in [3.63, 3.8) is 0 Å². The fourth-order valence-electron chi connectivity index (χ4n) is 0.932. The van der Waals surface area contributed by atoms with Crippen LogP contribution in [0.15, 0.2) is 5.51 Å². The fourth-order valence-corrected chi connectivity index (χ4v) is 2.14. The molecule has 0 spiro atoms. The van der Waals surface area contributed by atoms with Gasteiger partial charge in [0.05, 0.1) is 17.8 Å². The molecule has 9 heteroatoms. The highest BCUT2D eigenvalue weighted by Gasteiger charge is 2.11. The standard InChI is InChI=1S/C7H9ClN2O4S2/c1-5-6(15-4-9-5)2-3-14-7(11)10-16(8,12)13/h4H,2-3H2,1H3,(H,10,11). The Morgan fingerprint density at radius 1 is 1.69 bits per heavy atom. The third-order valence-corrected chi connectivity index (χ3v) is 3.25. The van der Waals surface area contributed by atoms with Crippen molar-refractivity contribution < 1.29 is 17.9 Å². The van der Waals surface area contributed by atoms with E-state index in [0.29, 0.717) is 6.42 Å². The Kier molecular flexibility index (Phi) is 4.51. The molecule has 0 aromatic carbocycles. The van der Waals surface area contributed by atoms with E-state index in [1.807, 2.05) is 6.92 Å². The molecule has 1 rings (SSSR count). The van der Waals surface area contributed by atoms with Crippen LogP contribution in [-0.4, -0.2) is 26.1 Å². The van der Waals surface area contributed by atoms with E-state index < -0.39 is 15.3 Å². The van der Waals surface area contributed by atoms with Gasteiger partial charge in [0.15, 0.2) is 0 Å². The Morgan fingerprint density at radius 2 is 2.38 bits per heavy atom. The Hall–Kier alpha value is -0.860. The first-order valence-corrected chi connectivity index (χ1v) is 7.35. The zero-order chi connectivity index (χ0) is 12.2. The lowest BCUT2D eigenvalue weighted by atomic mass is 10.3. The van der Waals surface area contributed by atoms with Crippen LogP contribution < -0.4 is 4.72 Å². The number of amides is 1. The summed E-state index contributed by atoms with van der Waals surface area (Å²) in [5, 5.41) is 0. The van der Waals surface area contributed by atoms with E-state index in [2.05, 4.69) is 9.72 Å². The van der Waals surface area contributed by atoms with Crippen molar-refractivity contribution >= 4 is 37.3 Å². The molecule has 0 saturated heterocycles. The van der Waals surface area contributed by atoms with E-state index in [9.17, 15) is 13.2 Å². The SMILES string of the molecule is Cc1ncsc1CCOC(=O)NS(=O)(=O)Cl. The summed E-state index contributed by atoms with van der Waals surface area (Å²) >= 11 is 1.45. The number of thiazole rings is 1. The minimum absolute atomic E-state index is 0.0707. The lowest BCUT2D eigenvalue weighted by Crippen LogP contribution is -2.27. The van der Waals surface area contributed by atoms with Crippen molar-refractivity contribution in [2.75, 3.05) is 6.61 Å². The van der Waals surface area contributed by atoms with Gasteiger partial charge in [-0.1, -0.05) is 0 Å². The molecule has 0 bridgehead atoms. The Bertz CT molecular complexity index is 470. The van der Waals surface area contributed by atoms with E-state index in [0.717, 1.165) is 10.6 Å². The number of aryl methyl sites for hydroxylation is 1. The van der Waals surface area contributed by atoms with E-state index in [4.69, 9.17) is 10.7 Å². The summed E-state index contributed by atoms with van der Waals surface area (Å²) in [5.74, 6) is 0. The van der Waals surface area contributed by atoms with Gasteiger partial charge in [0, 0.05) is 22.0 Å². The first kappa shape index (κ1) is 13.2. The van der Waals surface area contributed by atoms with Gasteiger partial charge in [0.1, 0.15) is 0 Å². The Labute approximate surface area is 101 Å². The highest BCUT2D eigenvalue weighted by molar-refractivity contribution is 8.12. The van der Waals surface area contributed by atoms with Gasteiger partial charge in [-0.25, -0.2) is 14.5 Å². The van der Waals surface area contributed by atoms with Crippen molar-refractivity contribution in [1.82, 2.24) is 9.71 Å². The van der Waals surface area contributed by atoms with Gasteiger partial charge >= 0.3 is 15.3 Å². The molecule has 0 radical (unpaired) electrons. The van der Waals surface area contributed by atoms with Crippen LogP contribution in [0, 0.1) is 6.92 Å². The van der Waals surface area contributed by atoms with Crippen molar-refractivity contribution in [2.24, 2.45) is 0 Å². The minimum atomic E-state index is -4.08. The zero-order valence-corrected chi connectivity index (χ0v) is 10.7. The quantitative estimate of drug-likeness (QED) is 0.840. The van der Waals surface area contributed by atoms with Gasteiger partial charge in [-0.2, -0.15) is 8.42 Å². The molecule has 1 amide bonds. The average Bonchev–Trinajstić information content (AvgIpc) is 2.48. The van der Waals surface area contributed by atoms with Gasteiger partial charge < -0.3 is 4.74 Å². The summed E-state index contributed by atoms with van der Waals surface area (Å²) < 4.78 is 27.0. The van der Waals surface area contributed by atoms with Gasteiger partial charge in [-0.15, -0.1) is 11.3 Å². The maximum absolute atomic E-state index is 10.9. The molecule has 6 nitrogen and oxygen atoms in total. The van der Waals surface area contributed by atoms with Gasteiger partial charge in [0.25, 0.3) is 0 Å². The second-order valence-electron chi connectivity index (χ2n) is 2.79. The first-order valence-electron chi connectivity index (χ1n) is 4.16. The number of nitrogens with one attached hydrogen (secondary N) is 1. The van der Waals surface area contributed by atoms with Crippen LogP contribution in [-0.2, 0) is 20.4 Å². The predicted octanol–water partition coefficient (Wildman–Crippen LogP) is 1.20. The highest BCUT2D eigenvalue weighted by atomic mass is 35.7. The molecule has 1 N–H and O–H groups in total. The molecule has 1 aromatic rings. The smallest absolute Gasteiger partial charge is 0.421 e. The van der Waals surface area contributed by atoms with Crippen LogP contribution in [0.25, 0.3) is 0 Å². The summed E-state index contributed by atoms with van der Waals surface area (Å²) in [6.45, 7) is 1.91. The van der Waals surface area contributed by atoms with Crippen LogP contribution in [0.2, 0.25) is 0 Å². The number of hydrogen-bond acceptors (Lipinski definition) is 6. The number of carbonyl (C=O) groups is 1. The van der Waals surface area contributed by atoms with Crippen molar-refractivity contribution in [3.8, 4) is 0 Å². The second-order valence-corrected chi connectivity index (χ2v) is 6.02. The lowest BCUT2D eigenvalue weighted by molar-refractivity contribution is 0.154. The molecule has 1 heterocycles. The molecular weight excluding hydrogens is 276 g/mol. The lowest BCUT2D eigenvalue weighted by Gasteiger charge is -2.03. The minimum Gasteiger partial charge on any atom is -0.448 e. The molecule has 0 saturated carbocycles. The normalized spacial score (nSPS) is 11.1. The van der Waals surface area contributed by atoms with E-state index >= 15 is 0 Å². The van der Waals surface area contributed by atoms with E-state index in [1.165, 1.54) is 16.1 Å². The molecule has 0 atom stereocenters. The van der Waals surface area contributed by atoms with Crippen molar-refractivity contribution in [3.05, 3.63) is 16.1 Å². The molecule has 0 aliphatic carbocycles. The molecule has 1 aromatic heterocycles. The number of rotatable bonds is 4. The summed E-state index contributed by atoms with van der Waals surface area (Å²) in [7, 11) is 0.706. The highest BCUT2D eigenvalue weighted by Crippen LogP contribution is 2.12. The van der Waals surface area contributed by atoms with Crippen LogP contribution in [0.5, 0.6) is 0 Å². The molecule has 0 aliphatic heterocycles. The maximum atomic E-state index is 10.9. The fraction of sp³-hybridized carbons (Fsp3) is 0.429. The summed E-state index contributed by atoms with van der Waals surface area (Å²) in [5.41, 5.74) is 2.56. The number of ether oxygens (including phenoxy) is 1. The van der Waals surface area contributed by atoms with Crippen LogP contribution >= 0.6 is 22.0 Å². The molecule has 0 aliphatic rings. The van der Waals surface area contributed by atoms with Crippen LogP contribution in [0.3, 0.4) is 0 Å². The summed E-state index contributed by atoms with van der Waals surface area (Å²) in [4.78, 5) is 15.9. The van der Waals surface area contributed by atoms with Crippen molar-refractivity contribution in [2.45, 2.75) is 13.3 Å². The third-order valence-electron chi connectivity index (χ3n) is 1.61. The van der Waals surface area contributed by atoms with Crippen molar-refractivity contribution in [1.29, 1.82) is 0 Å².